The number of hydrogen-bond donors (Lipinski definition) is 2. The van der Waals surface area contributed by atoms with Crippen LogP contribution in [-0.4, -0.2) is 36.4 Å². The molecular weight excluding hydrogens is 452 g/mol. The standard InChI is InChI=1S/C21H22N4O5S2/c1-13-5-10-18(15(11-13)12-22-25-20-24-19(27)21(3,4)31-20)30-32(28,29)17-8-6-16(7-9-17)23-14(2)26/h5-12H,1-4H3,(H,23,26)(H,24,25,27)/b22-12+. The maximum Gasteiger partial charge on any atom is 0.339 e. The van der Waals surface area contributed by atoms with Gasteiger partial charge < -0.3 is 14.8 Å². The van der Waals surface area contributed by atoms with Crippen molar-refractivity contribution in [1.29, 1.82) is 0 Å². The van der Waals surface area contributed by atoms with Crippen LogP contribution in [0, 0.1) is 6.92 Å². The van der Waals surface area contributed by atoms with Crippen molar-refractivity contribution in [3.8, 4) is 5.75 Å². The Morgan fingerprint density at radius 2 is 1.88 bits per heavy atom. The number of aryl methyl sites for hydroxylation is 1. The molecule has 9 nitrogen and oxygen atoms in total. The molecule has 2 N–H and O–H groups in total. The SMILES string of the molecule is CC(=O)Nc1ccc(S(=O)(=O)Oc2ccc(C)cc2/C=N/N=C2\NC(=O)C(C)(C)S2)cc1. The van der Waals surface area contributed by atoms with Gasteiger partial charge in [-0.2, -0.15) is 13.5 Å². The van der Waals surface area contributed by atoms with E-state index in [9.17, 15) is 18.0 Å². The van der Waals surface area contributed by atoms with Gasteiger partial charge in [-0.05, 0) is 57.2 Å². The number of carbonyl (C=O) groups is 2. The normalized spacial score (nSPS) is 16.9. The highest BCUT2D eigenvalue weighted by molar-refractivity contribution is 8.16. The van der Waals surface area contributed by atoms with E-state index in [1.807, 2.05) is 6.92 Å². The van der Waals surface area contributed by atoms with Gasteiger partial charge in [0.1, 0.15) is 4.90 Å². The van der Waals surface area contributed by atoms with Crippen LogP contribution >= 0.6 is 11.8 Å². The fourth-order valence-corrected chi connectivity index (χ4v) is 4.48. The minimum absolute atomic E-state index is 0.0670. The monoisotopic (exact) mass is 474 g/mol. The van der Waals surface area contributed by atoms with E-state index in [4.69, 9.17) is 4.18 Å². The number of anilines is 1. The van der Waals surface area contributed by atoms with Crippen LogP contribution in [0.3, 0.4) is 0 Å². The molecule has 2 aromatic carbocycles. The molecule has 1 fully saturated rings. The van der Waals surface area contributed by atoms with Crippen LogP contribution in [0.25, 0.3) is 0 Å². The number of benzene rings is 2. The van der Waals surface area contributed by atoms with Crippen LogP contribution in [0.2, 0.25) is 0 Å². The summed E-state index contributed by atoms with van der Waals surface area (Å²) in [6, 6.07) is 10.6. The molecule has 168 valence electrons. The van der Waals surface area contributed by atoms with E-state index in [1.54, 1.807) is 26.0 Å². The molecule has 32 heavy (non-hydrogen) atoms. The molecule has 1 aliphatic rings. The van der Waals surface area contributed by atoms with E-state index >= 15 is 0 Å². The van der Waals surface area contributed by atoms with Gasteiger partial charge in [-0.1, -0.05) is 23.4 Å². The quantitative estimate of drug-likeness (QED) is 0.376. The molecule has 0 unspecified atom stereocenters. The first-order valence-corrected chi connectivity index (χ1v) is 11.7. The number of amides is 2. The fraction of sp³-hybridized carbons (Fsp3) is 0.238. The van der Waals surface area contributed by atoms with Gasteiger partial charge in [-0.25, -0.2) is 0 Å². The van der Waals surface area contributed by atoms with Crippen LogP contribution in [0.5, 0.6) is 5.75 Å². The third-order valence-corrected chi connectivity index (χ3v) is 6.61. The molecular formula is C21H22N4O5S2. The molecule has 0 spiro atoms. The average Bonchev–Trinajstić information content (AvgIpc) is 2.95. The Balaban J connectivity index is 1.82. The van der Waals surface area contributed by atoms with Gasteiger partial charge in [-0.15, -0.1) is 5.10 Å². The van der Waals surface area contributed by atoms with E-state index in [2.05, 4.69) is 20.8 Å². The minimum Gasteiger partial charge on any atom is -0.378 e. The first kappa shape index (κ1) is 23.5. The highest BCUT2D eigenvalue weighted by Gasteiger charge is 2.38. The molecule has 2 amide bonds. The summed E-state index contributed by atoms with van der Waals surface area (Å²) in [6.07, 6.45) is 1.36. The Morgan fingerprint density at radius 1 is 1.19 bits per heavy atom. The van der Waals surface area contributed by atoms with Gasteiger partial charge in [0.25, 0.3) is 0 Å². The number of hydrogen-bond acceptors (Lipinski definition) is 8. The van der Waals surface area contributed by atoms with E-state index < -0.39 is 14.9 Å². The Morgan fingerprint density at radius 3 is 2.47 bits per heavy atom. The fourth-order valence-electron chi connectivity index (χ4n) is 2.67. The lowest BCUT2D eigenvalue weighted by atomic mass is 10.1. The summed E-state index contributed by atoms with van der Waals surface area (Å²) >= 11 is 1.25. The lowest BCUT2D eigenvalue weighted by molar-refractivity contribution is -0.120. The van der Waals surface area contributed by atoms with Gasteiger partial charge in [0.15, 0.2) is 10.9 Å². The number of nitrogens with one attached hydrogen (secondary N) is 2. The van der Waals surface area contributed by atoms with Gasteiger partial charge in [0.05, 0.1) is 11.0 Å². The number of carbonyl (C=O) groups excluding carboxylic acids is 2. The average molecular weight is 475 g/mol. The topological polar surface area (TPSA) is 126 Å². The van der Waals surface area contributed by atoms with Crippen molar-refractivity contribution < 1.29 is 22.2 Å². The Labute approximate surface area is 190 Å². The number of thioether (sulfide) groups is 1. The zero-order valence-electron chi connectivity index (χ0n) is 17.9. The second kappa shape index (κ2) is 9.13. The molecule has 0 aromatic heterocycles. The third kappa shape index (κ3) is 5.74. The zero-order chi connectivity index (χ0) is 23.5. The molecule has 11 heteroatoms. The third-order valence-electron chi connectivity index (χ3n) is 4.29. The van der Waals surface area contributed by atoms with Crippen LogP contribution in [0.15, 0.2) is 57.6 Å². The smallest absolute Gasteiger partial charge is 0.339 e. The molecule has 2 aromatic rings. The predicted octanol–water partition coefficient (Wildman–Crippen LogP) is 3.05. The lowest BCUT2D eigenvalue weighted by Crippen LogP contribution is -2.30. The van der Waals surface area contributed by atoms with Gasteiger partial charge in [-0.3, -0.25) is 9.59 Å². The van der Waals surface area contributed by atoms with E-state index in [0.717, 1.165) is 5.56 Å². The molecule has 0 radical (unpaired) electrons. The lowest BCUT2D eigenvalue weighted by Gasteiger charge is -2.10. The van der Waals surface area contributed by atoms with Crippen molar-refractivity contribution in [3.63, 3.8) is 0 Å². The van der Waals surface area contributed by atoms with E-state index in [0.29, 0.717) is 16.4 Å². The molecule has 1 saturated heterocycles. The molecule has 0 bridgehead atoms. The zero-order valence-corrected chi connectivity index (χ0v) is 19.5. The molecule has 1 heterocycles. The number of amidine groups is 1. The summed E-state index contributed by atoms with van der Waals surface area (Å²) in [6.45, 7) is 6.76. The first-order chi connectivity index (χ1) is 15.0. The largest absolute Gasteiger partial charge is 0.378 e. The predicted molar refractivity (Wildman–Crippen MR) is 125 cm³/mol. The molecule has 0 saturated carbocycles. The second-order valence-electron chi connectivity index (χ2n) is 7.50. The van der Waals surface area contributed by atoms with Gasteiger partial charge in [0.2, 0.25) is 11.8 Å². The summed E-state index contributed by atoms with van der Waals surface area (Å²) in [5, 5.41) is 13.5. The Bertz CT molecular complexity index is 1220. The van der Waals surface area contributed by atoms with Crippen LogP contribution in [0.4, 0.5) is 5.69 Å². The van der Waals surface area contributed by atoms with Crippen molar-refractivity contribution in [2.24, 2.45) is 10.2 Å². The summed E-state index contributed by atoms with van der Waals surface area (Å²) in [4.78, 5) is 22.9. The Kier molecular flexibility index (Phi) is 6.70. The van der Waals surface area contributed by atoms with Crippen molar-refractivity contribution in [1.82, 2.24) is 5.32 Å². The van der Waals surface area contributed by atoms with Crippen LogP contribution in [-0.2, 0) is 19.7 Å². The summed E-state index contributed by atoms with van der Waals surface area (Å²) in [7, 11) is -4.13. The van der Waals surface area contributed by atoms with Crippen molar-refractivity contribution in [2.45, 2.75) is 37.3 Å². The molecule has 1 aliphatic heterocycles. The van der Waals surface area contributed by atoms with Gasteiger partial charge in [0, 0.05) is 18.2 Å². The maximum absolute atomic E-state index is 12.7. The summed E-state index contributed by atoms with van der Waals surface area (Å²) in [5.41, 5.74) is 1.74. The minimum atomic E-state index is -4.13. The van der Waals surface area contributed by atoms with Gasteiger partial charge >= 0.3 is 10.1 Å². The highest BCUT2D eigenvalue weighted by atomic mass is 32.2. The summed E-state index contributed by atoms with van der Waals surface area (Å²) in [5.74, 6) is -0.344. The molecule has 0 aliphatic carbocycles. The van der Waals surface area contributed by atoms with E-state index in [1.165, 1.54) is 55.2 Å². The molecule has 0 atom stereocenters. The van der Waals surface area contributed by atoms with E-state index in [-0.39, 0.29) is 22.5 Å². The molecule has 3 rings (SSSR count). The second-order valence-corrected chi connectivity index (χ2v) is 10.7. The first-order valence-electron chi connectivity index (χ1n) is 9.50. The maximum atomic E-state index is 12.7. The summed E-state index contributed by atoms with van der Waals surface area (Å²) < 4.78 is 30.2. The van der Waals surface area contributed by atoms with Crippen molar-refractivity contribution in [3.05, 3.63) is 53.6 Å². The highest BCUT2D eigenvalue weighted by Crippen LogP contribution is 2.30. The number of rotatable bonds is 6. The van der Waals surface area contributed by atoms with Crippen molar-refractivity contribution >= 4 is 50.8 Å². The van der Waals surface area contributed by atoms with Crippen LogP contribution < -0.4 is 14.8 Å². The Hall–Kier alpha value is -3.18. The van der Waals surface area contributed by atoms with Crippen LogP contribution in [0.1, 0.15) is 31.9 Å². The van der Waals surface area contributed by atoms with Crippen molar-refractivity contribution in [2.75, 3.05) is 5.32 Å². The number of nitrogens with zero attached hydrogens (tertiary/aromatic N) is 2.